The van der Waals surface area contributed by atoms with Gasteiger partial charge in [-0.25, -0.2) is 0 Å². The van der Waals surface area contributed by atoms with Crippen molar-refractivity contribution in [2.75, 3.05) is 0 Å². The second-order valence-corrected chi connectivity index (χ2v) is 3.30. The second kappa shape index (κ2) is 6.64. The summed E-state index contributed by atoms with van der Waals surface area (Å²) in [6, 6.07) is 2.11. The molecule has 0 heterocycles. The fraction of sp³-hybridized carbons (Fsp3) is 0.111. The third kappa shape index (κ3) is 4.67. The molecular weight excluding hydrogens is 301 g/mol. The number of nitrogens with zero attached hydrogens (tertiary/aromatic N) is 4. The van der Waals surface area contributed by atoms with E-state index in [9.17, 15) is 18.0 Å². The molecule has 0 fully saturated rings. The van der Waals surface area contributed by atoms with E-state index in [1.807, 2.05) is 0 Å². The highest BCUT2D eigenvalue weighted by atomic mass is 35.5. The number of azide groups is 1. The summed E-state index contributed by atoms with van der Waals surface area (Å²) in [6.07, 6.45) is -4.70. The van der Waals surface area contributed by atoms with Gasteiger partial charge in [0.2, 0.25) is 0 Å². The number of carbonyl (C=O) groups is 1. The van der Waals surface area contributed by atoms with Crippen molar-refractivity contribution in [2.45, 2.75) is 6.18 Å². The molecule has 1 aromatic carbocycles. The Labute approximate surface area is 116 Å². The molecule has 0 aliphatic heterocycles. The number of hydrogen-bond donors (Lipinski definition) is 2. The van der Waals surface area contributed by atoms with Gasteiger partial charge in [0.15, 0.2) is 5.96 Å². The van der Waals surface area contributed by atoms with Gasteiger partial charge in [-0.2, -0.15) is 18.2 Å². The average Bonchev–Trinajstić information content (AvgIpc) is 2.27. The zero-order chi connectivity index (χ0) is 14.6. The summed E-state index contributed by atoms with van der Waals surface area (Å²) in [5.41, 5.74) is 16.2. The monoisotopic (exact) mass is 308 g/mol. The minimum Gasteiger partial charge on any atom is -0.370 e. The number of amides is 1. The van der Waals surface area contributed by atoms with Crippen molar-refractivity contribution in [3.05, 3.63) is 39.8 Å². The van der Waals surface area contributed by atoms with E-state index in [-0.39, 0.29) is 18.1 Å². The fourth-order valence-corrected chi connectivity index (χ4v) is 1.19. The molecule has 0 saturated carbocycles. The number of benzene rings is 1. The van der Waals surface area contributed by atoms with E-state index in [0.717, 1.165) is 6.07 Å². The third-order valence-electron chi connectivity index (χ3n) is 1.88. The van der Waals surface area contributed by atoms with Crippen molar-refractivity contribution in [1.82, 2.24) is 0 Å². The van der Waals surface area contributed by atoms with E-state index in [0.29, 0.717) is 12.1 Å². The van der Waals surface area contributed by atoms with Crippen LogP contribution in [0.1, 0.15) is 15.9 Å². The summed E-state index contributed by atoms with van der Waals surface area (Å²) in [6.45, 7) is 0. The molecule has 0 unspecified atom stereocenters. The number of guanidine groups is 1. The summed E-state index contributed by atoms with van der Waals surface area (Å²) < 4.78 is 37.7. The summed E-state index contributed by atoms with van der Waals surface area (Å²) in [4.78, 5) is 16.9. The Hall–Kier alpha value is -2.45. The van der Waals surface area contributed by atoms with Crippen molar-refractivity contribution in [3.8, 4) is 0 Å². The molecule has 0 aliphatic rings. The highest BCUT2D eigenvalue weighted by Gasteiger charge is 2.31. The van der Waals surface area contributed by atoms with Crippen LogP contribution in [-0.4, -0.2) is 11.9 Å². The molecule has 108 valence electrons. The molecule has 11 heteroatoms. The molecule has 1 rings (SSSR count). The van der Waals surface area contributed by atoms with Gasteiger partial charge in [-0.15, -0.1) is 12.4 Å². The quantitative estimate of drug-likeness (QED) is 0.286. The Balaban J connectivity index is 0.00000361. The Morgan fingerprint density at radius 2 is 1.85 bits per heavy atom. The highest BCUT2D eigenvalue weighted by molar-refractivity contribution is 6.02. The van der Waals surface area contributed by atoms with Gasteiger partial charge < -0.3 is 11.5 Å². The Morgan fingerprint density at radius 1 is 1.25 bits per heavy atom. The molecule has 0 radical (unpaired) electrons. The lowest BCUT2D eigenvalue weighted by Gasteiger charge is -2.08. The van der Waals surface area contributed by atoms with Crippen LogP contribution in [-0.2, 0) is 6.18 Å². The first-order valence-electron chi connectivity index (χ1n) is 4.65. The van der Waals surface area contributed by atoms with E-state index in [2.05, 4.69) is 15.0 Å². The van der Waals surface area contributed by atoms with Crippen molar-refractivity contribution >= 4 is 30.0 Å². The van der Waals surface area contributed by atoms with E-state index >= 15 is 0 Å². The average molecular weight is 309 g/mol. The largest absolute Gasteiger partial charge is 0.416 e. The van der Waals surface area contributed by atoms with Gasteiger partial charge in [0.25, 0.3) is 5.91 Å². The van der Waals surface area contributed by atoms with Crippen LogP contribution in [0.5, 0.6) is 0 Å². The first-order chi connectivity index (χ1) is 8.74. The van der Waals surface area contributed by atoms with Gasteiger partial charge in [-0.1, -0.05) is 5.11 Å². The molecule has 0 spiro atoms. The van der Waals surface area contributed by atoms with Crippen LogP contribution < -0.4 is 11.5 Å². The van der Waals surface area contributed by atoms with Crippen LogP contribution >= 0.6 is 12.4 Å². The Bertz CT molecular complexity index is 590. The fourth-order valence-electron chi connectivity index (χ4n) is 1.19. The molecule has 0 aliphatic carbocycles. The van der Waals surface area contributed by atoms with Crippen LogP contribution in [0.25, 0.3) is 10.4 Å². The minimum absolute atomic E-state index is 0. The molecule has 20 heavy (non-hydrogen) atoms. The summed E-state index contributed by atoms with van der Waals surface area (Å²) in [7, 11) is 0. The van der Waals surface area contributed by atoms with Gasteiger partial charge in [0, 0.05) is 16.2 Å². The smallest absolute Gasteiger partial charge is 0.370 e. The number of alkyl halides is 3. The van der Waals surface area contributed by atoms with Crippen molar-refractivity contribution < 1.29 is 18.0 Å². The van der Waals surface area contributed by atoms with Crippen LogP contribution in [0.2, 0.25) is 0 Å². The predicted octanol–water partition coefficient (Wildman–Crippen LogP) is 2.48. The number of nitrogens with two attached hydrogens (primary N) is 2. The molecular formula is C9H8ClF3N6O. The second-order valence-electron chi connectivity index (χ2n) is 3.30. The lowest BCUT2D eigenvalue weighted by molar-refractivity contribution is -0.137. The third-order valence-corrected chi connectivity index (χ3v) is 1.88. The molecule has 4 N–H and O–H groups in total. The lowest BCUT2D eigenvalue weighted by atomic mass is 10.1. The van der Waals surface area contributed by atoms with Crippen LogP contribution in [0, 0.1) is 0 Å². The zero-order valence-corrected chi connectivity index (χ0v) is 10.4. The lowest BCUT2D eigenvalue weighted by Crippen LogP contribution is -2.24. The van der Waals surface area contributed by atoms with Crippen molar-refractivity contribution in [3.63, 3.8) is 0 Å². The maximum Gasteiger partial charge on any atom is 0.416 e. The molecule has 0 saturated heterocycles. The van der Waals surface area contributed by atoms with Crippen LogP contribution in [0.4, 0.5) is 18.9 Å². The summed E-state index contributed by atoms with van der Waals surface area (Å²) >= 11 is 0. The van der Waals surface area contributed by atoms with E-state index in [1.165, 1.54) is 0 Å². The van der Waals surface area contributed by atoms with Crippen molar-refractivity contribution in [2.24, 2.45) is 21.6 Å². The molecule has 0 atom stereocenters. The maximum absolute atomic E-state index is 12.6. The minimum atomic E-state index is -4.70. The van der Waals surface area contributed by atoms with Crippen molar-refractivity contribution in [1.29, 1.82) is 0 Å². The molecule has 0 aromatic heterocycles. The zero-order valence-electron chi connectivity index (χ0n) is 9.63. The first-order valence-corrected chi connectivity index (χ1v) is 4.65. The number of halogens is 4. The SMILES string of the molecule is Cl.[N-]=[N+]=Nc1cc(C(=O)N=C(N)N)cc(C(F)(F)F)c1. The first kappa shape index (κ1) is 17.6. The van der Waals surface area contributed by atoms with Gasteiger partial charge in [0.1, 0.15) is 0 Å². The molecule has 1 amide bonds. The Kier molecular flexibility index (Phi) is 5.83. The standard InChI is InChI=1S/C9H7F3N6O.ClH/c10-9(11,12)5-1-4(7(19)16-8(13)14)2-6(3-5)17-18-15;/h1-3H,(H4,13,14,16,19);1H. The van der Waals surface area contributed by atoms with E-state index in [4.69, 9.17) is 17.0 Å². The van der Waals surface area contributed by atoms with Crippen LogP contribution in [0.3, 0.4) is 0 Å². The van der Waals surface area contributed by atoms with Gasteiger partial charge in [-0.05, 0) is 23.7 Å². The van der Waals surface area contributed by atoms with Gasteiger partial charge >= 0.3 is 6.18 Å². The summed E-state index contributed by atoms with van der Waals surface area (Å²) in [5.74, 6) is -1.66. The predicted molar refractivity (Wildman–Crippen MR) is 67.6 cm³/mol. The molecule has 1 aromatic rings. The van der Waals surface area contributed by atoms with Gasteiger partial charge in [0.05, 0.1) is 5.56 Å². The number of rotatable bonds is 2. The maximum atomic E-state index is 12.6. The number of aliphatic imine (C=N–C) groups is 1. The Morgan fingerprint density at radius 3 is 2.30 bits per heavy atom. The molecule has 7 nitrogen and oxygen atoms in total. The van der Waals surface area contributed by atoms with E-state index in [1.54, 1.807) is 0 Å². The van der Waals surface area contributed by atoms with Crippen LogP contribution in [0.15, 0.2) is 28.3 Å². The number of carbonyl (C=O) groups excluding carboxylic acids is 1. The summed E-state index contributed by atoms with van der Waals surface area (Å²) in [5, 5.41) is 3.02. The van der Waals surface area contributed by atoms with Gasteiger partial charge in [-0.3, -0.25) is 4.79 Å². The van der Waals surface area contributed by atoms with E-state index < -0.39 is 29.2 Å². The highest BCUT2D eigenvalue weighted by Crippen LogP contribution is 2.33. The topological polar surface area (TPSA) is 130 Å². The molecule has 0 bridgehead atoms. The number of hydrogen-bond acceptors (Lipinski definition) is 2. The normalized spacial score (nSPS) is 9.95.